The first-order chi connectivity index (χ1) is 12.3. The van der Waals surface area contributed by atoms with Crippen LogP contribution < -0.4 is 21.8 Å². The van der Waals surface area contributed by atoms with Crippen LogP contribution in [0.2, 0.25) is 5.02 Å². The second-order valence-corrected chi connectivity index (χ2v) is 6.65. The lowest BCUT2D eigenvalue weighted by molar-refractivity contribution is -0.305. The molecule has 0 spiro atoms. The molecule has 11 heteroatoms. The summed E-state index contributed by atoms with van der Waals surface area (Å²) in [6, 6.07) is 5.12. The van der Waals surface area contributed by atoms with Crippen molar-refractivity contribution in [3.05, 3.63) is 44.8 Å². The number of nitrogens with two attached hydrogens (primary N) is 1. The average Bonchev–Trinajstić information content (AvgIpc) is 2.58. The number of carbonyl (C=O) groups is 2. The minimum Gasteiger partial charge on any atom is -0.550 e. The van der Waals surface area contributed by atoms with Gasteiger partial charge in [-0.15, -0.1) is 10.2 Å². The number of nitrogens with zero attached hydrogens (tertiary/aromatic N) is 3. The molecular formula is C15H15ClN5O4S-. The largest absolute Gasteiger partial charge is 0.550 e. The quantitative estimate of drug-likeness (QED) is 0.480. The Kier molecular flexibility index (Phi) is 6.58. The van der Waals surface area contributed by atoms with Crippen molar-refractivity contribution in [1.29, 1.82) is 0 Å². The fraction of sp³-hybridized carbons (Fsp3) is 0.267. The van der Waals surface area contributed by atoms with E-state index in [0.29, 0.717) is 10.7 Å². The highest BCUT2D eigenvalue weighted by Crippen LogP contribution is 2.21. The summed E-state index contributed by atoms with van der Waals surface area (Å²) >= 11 is 6.82. The van der Waals surface area contributed by atoms with E-state index in [9.17, 15) is 19.5 Å². The Balaban J connectivity index is 2.01. The molecule has 1 heterocycles. The summed E-state index contributed by atoms with van der Waals surface area (Å²) in [5, 5.41) is 21.1. The summed E-state index contributed by atoms with van der Waals surface area (Å²) in [5.74, 6) is 3.94. The molecule has 0 saturated carbocycles. The Bertz CT molecular complexity index is 902. The Morgan fingerprint density at radius 2 is 2.12 bits per heavy atom. The third kappa shape index (κ3) is 5.20. The van der Waals surface area contributed by atoms with Crippen LogP contribution >= 0.6 is 23.4 Å². The van der Waals surface area contributed by atoms with Crippen molar-refractivity contribution in [3.63, 3.8) is 0 Å². The van der Waals surface area contributed by atoms with E-state index < -0.39 is 11.5 Å². The smallest absolute Gasteiger partial charge is 0.294 e. The standard InChI is InChI=1S/C15H16ClN5O4S/c1-8-2-3-9(16)6-11(8)18-12(22)7-26-15-20-19-10(4-5-13(23)24)14(25)21(15)17/h2-3,6H,4-5,7,17H2,1H3,(H,18,22)(H,23,24)/p-1. The number of hydrogen-bond acceptors (Lipinski definition) is 8. The van der Waals surface area contributed by atoms with E-state index in [1.54, 1.807) is 18.2 Å². The zero-order valence-corrected chi connectivity index (χ0v) is 15.3. The average molecular weight is 397 g/mol. The van der Waals surface area contributed by atoms with Gasteiger partial charge < -0.3 is 21.1 Å². The number of carboxylic acid groups (broad SMARTS) is 1. The Hall–Kier alpha value is -2.59. The van der Waals surface area contributed by atoms with Crippen molar-refractivity contribution in [3.8, 4) is 0 Å². The van der Waals surface area contributed by atoms with Gasteiger partial charge in [0.05, 0.1) is 5.75 Å². The molecule has 9 nitrogen and oxygen atoms in total. The lowest BCUT2D eigenvalue weighted by Gasteiger charge is -2.10. The Labute approximate surface area is 157 Å². The van der Waals surface area contributed by atoms with Crippen LogP contribution in [0.5, 0.6) is 0 Å². The number of halogens is 1. The second-order valence-electron chi connectivity index (χ2n) is 5.27. The molecule has 0 unspecified atom stereocenters. The van der Waals surface area contributed by atoms with Gasteiger partial charge in [0.25, 0.3) is 5.56 Å². The number of benzene rings is 1. The van der Waals surface area contributed by atoms with Crippen molar-refractivity contribution in [2.75, 3.05) is 16.9 Å². The lowest BCUT2D eigenvalue weighted by atomic mass is 10.2. The van der Waals surface area contributed by atoms with Gasteiger partial charge in [-0.05, 0) is 31.0 Å². The van der Waals surface area contributed by atoms with Crippen LogP contribution in [0.4, 0.5) is 5.69 Å². The van der Waals surface area contributed by atoms with E-state index in [4.69, 9.17) is 17.4 Å². The summed E-state index contributed by atoms with van der Waals surface area (Å²) < 4.78 is 0.736. The predicted molar refractivity (Wildman–Crippen MR) is 95.3 cm³/mol. The van der Waals surface area contributed by atoms with Crippen LogP contribution in [0, 0.1) is 6.92 Å². The summed E-state index contributed by atoms with van der Waals surface area (Å²) in [6.45, 7) is 1.83. The second kappa shape index (κ2) is 8.68. The number of nitrogen functional groups attached to an aromatic ring is 1. The molecule has 1 amide bonds. The molecule has 0 bridgehead atoms. The van der Waals surface area contributed by atoms with Gasteiger partial charge in [-0.3, -0.25) is 9.59 Å². The maximum Gasteiger partial charge on any atom is 0.294 e. The fourth-order valence-corrected chi connectivity index (χ4v) is 2.77. The van der Waals surface area contributed by atoms with Crippen LogP contribution in [0.15, 0.2) is 28.2 Å². The molecule has 2 rings (SSSR count). The summed E-state index contributed by atoms with van der Waals surface area (Å²) in [5.41, 5.74) is 0.674. The number of rotatable bonds is 7. The van der Waals surface area contributed by atoms with Crippen molar-refractivity contribution < 1.29 is 14.7 Å². The number of aliphatic carboxylic acids is 1. The van der Waals surface area contributed by atoms with Crippen LogP contribution in [0.3, 0.4) is 0 Å². The van der Waals surface area contributed by atoms with Crippen LogP contribution in [0.25, 0.3) is 0 Å². The minimum atomic E-state index is -1.30. The molecule has 3 N–H and O–H groups in total. The highest BCUT2D eigenvalue weighted by atomic mass is 35.5. The highest BCUT2D eigenvalue weighted by molar-refractivity contribution is 7.99. The highest BCUT2D eigenvalue weighted by Gasteiger charge is 2.13. The van der Waals surface area contributed by atoms with Gasteiger partial charge in [0.1, 0.15) is 5.69 Å². The topological polar surface area (TPSA) is 143 Å². The third-order valence-electron chi connectivity index (χ3n) is 3.30. The fourth-order valence-electron chi connectivity index (χ4n) is 1.94. The molecule has 26 heavy (non-hydrogen) atoms. The summed E-state index contributed by atoms with van der Waals surface area (Å²) in [7, 11) is 0. The maximum absolute atomic E-state index is 12.1. The molecule has 0 fully saturated rings. The lowest BCUT2D eigenvalue weighted by Crippen LogP contribution is -2.34. The molecule has 0 aliphatic carbocycles. The summed E-state index contributed by atoms with van der Waals surface area (Å²) in [6.07, 6.45) is -0.497. The number of carbonyl (C=O) groups excluding carboxylic acids is 2. The minimum absolute atomic E-state index is 0.0326. The van der Waals surface area contributed by atoms with E-state index in [1.807, 2.05) is 6.92 Å². The zero-order chi connectivity index (χ0) is 19.3. The molecule has 0 atom stereocenters. The molecule has 0 aliphatic rings. The molecule has 2 aromatic rings. The number of hydrogen-bond donors (Lipinski definition) is 2. The molecule has 0 saturated heterocycles. The van der Waals surface area contributed by atoms with Crippen molar-refractivity contribution in [2.45, 2.75) is 24.9 Å². The van der Waals surface area contributed by atoms with Gasteiger partial charge in [-0.2, -0.15) is 4.68 Å². The molecule has 138 valence electrons. The monoisotopic (exact) mass is 396 g/mol. The van der Waals surface area contributed by atoms with E-state index >= 15 is 0 Å². The zero-order valence-electron chi connectivity index (χ0n) is 13.7. The van der Waals surface area contributed by atoms with Gasteiger partial charge in [0.2, 0.25) is 11.1 Å². The molecule has 1 aromatic carbocycles. The van der Waals surface area contributed by atoms with E-state index in [-0.39, 0.29) is 35.4 Å². The number of anilines is 1. The number of nitrogens with one attached hydrogen (secondary N) is 1. The third-order valence-corrected chi connectivity index (χ3v) is 4.48. The maximum atomic E-state index is 12.1. The molecule has 0 radical (unpaired) electrons. The van der Waals surface area contributed by atoms with Crippen molar-refractivity contribution in [2.24, 2.45) is 0 Å². The Morgan fingerprint density at radius 1 is 1.38 bits per heavy atom. The van der Waals surface area contributed by atoms with Crippen LogP contribution in [0.1, 0.15) is 17.7 Å². The van der Waals surface area contributed by atoms with E-state index in [0.717, 1.165) is 22.0 Å². The number of amides is 1. The van der Waals surface area contributed by atoms with Crippen molar-refractivity contribution in [1.82, 2.24) is 14.9 Å². The molecular weight excluding hydrogens is 382 g/mol. The number of carboxylic acids is 1. The first kappa shape index (κ1) is 19.7. The summed E-state index contributed by atoms with van der Waals surface area (Å²) in [4.78, 5) is 34.5. The number of aryl methyl sites for hydroxylation is 2. The number of thioether (sulfide) groups is 1. The van der Waals surface area contributed by atoms with E-state index in [2.05, 4.69) is 15.5 Å². The van der Waals surface area contributed by atoms with Gasteiger partial charge in [0.15, 0.2) is 0 Å². The first-order valence-corrected chi connectivity index (χ1v) is 8.76. The SMILES string of the molecule is Cc1ccc(Cl)cc1NC(=O)CSc1nnc(CCC(=O)[O-])c(=O)n1N. The molecule has 0 aliphatic heterocycles. The Morgan fingerprint density at radius 3 is 2.81 bits per heavy atom. The van der Waals surface area contributed by atoms with Gasteiger partial charge in [0, 0.05) is 23.1 Å². The van der Waals surface area contributed by atoms with Gasteiger partial charge in [-0.25, -0.2) is 0 Å². The first-order valence-electron chi connectivity index (χ1n) is 7.40. The molecule has 1 aromatic heterocycles. The van der Waals surface area contributed by atoms with Crippen LogP contribution in [-0.2, 0) is 16.0 Å². The van der Waals surface area contributed by atoms with E-state index in [1.165, 1.54) is 0 Å². The number of aromatic nitrogens is 3. The predicted octanol–water partition coefficient (Wildman–Crippen LogP) is -0.273. The van der Waals surface area contributed by atoms with Crippen molar-refractivity contribution >= 4 is 40.9 Å². The van der Waals surface area contributed by atoms with Crippen LogP contribution in [-0.4, -0.2) is 32.5 Å². The van der Waals surface area contributed by atoms with Gasteiger partial charge in [-0.1, -0.05) is 29.4 Å². The normalized spacial score (nSPS) is 10.5. The van der Waals surface area contributed by atoms with Gasteiger partial charge >= 0.3 is 0 Å².